The van der Waals surface area contributed by atoms with Gasteiger partial charge in [-0.3, -0.25) is 0 Å². The molecule has 0 aliphatic heterocycles. The molecular formula is C16H29BN3. The van der Waals surface area contributed by atoms with E-state index < -0.39 is 0 Å². The van der Waals surface area contributed by atoms with Gasteiger partial charge in [0.1, 0.15) is 0 Å². The number of hydrogen-bond acceptors (Lipinski definition) is 2. The molecule has 3 nitrogen and oxygen atoms in total. The smallest absolute Gasteiger partial charge is 0.250 e. The third-order valence-electron chi connectivity index (χ3n) is 3.02. The number of allylic oxidation sites excluding steroid dienone is 2. The molecular weight excluding hydrogens is 245 g/mol. The zero-order valence-electron chi connectivity index (χ0n) is 13.5. The van der Waals surface area contributed by atoms with E-state index in [1.54, 1.807) is 0 Å². The Balaban J connectivity index is 4.57. The largest absolute Gasteiger partial charge is 0.410 e. The van der Waals surface area contributed by atoms with E-state index in [1.807, 2.05) is 38.7 Å². The molecule has 0 aliphatic carbocycles. The second-order valence-corrected chi connectivity index (χ2v) is 4.81. The molecule has 0 aromatic rings. The summed E-state index contributed by atoms with van der Waals surface area (Å²) in [6.07, 6.45) is 12.2. The lowest BCUT2D eigenvalue weighted by molar-refractivity contribution is 0.613. The minimum atomic E-state index is 0.611. The van der Waals surface area contributed by atoms with Crippen LogP contribution in [0.1, 0.15) is 46.5 Å². The van der Waals surface area contributed by atoms with Crippen LogP contribution in [0.4, 0.5) is 0 Å². The molecule has 0 spiro atoms. The summed E-state index contributed by atoms with van der Waals surface area (Å²) in [7, 11) is 4.10. The van der Waals surface area contributed by atoms with Crippen LogP contribution in [0.2, 0.25) is 5.82 Å². The summed E-state index contributed by atoms with van der Waals surface area (Å²) in [6.45, 7) is 11.2. The molecule has 0 N–H and O–H groups in total. The highest BCUT2D eigenvalue weighted by molar-refractivity contribution is 6.37. The van der Waals surface area contributed by atoms with E-state index in [2.05, 4.69) is 42.6 Å². The lowest BCUT2D eigenvalue weighted by Crippen LogP contribution is -2.31. The van der Waals surface area contributed by atoms with Gasteiger partial charge in [-0.1, -0.05) is 45.8 Å². The number of nitrogens with zero attached hydrogens (tertiary/aromatic N) is 3. The van der Waals surface area contributed by atoms with Crippen LogP contribution in [-0.2, 0) is 0 Å². The fourth-order valence-corrected chi connectivity index (χ4v) is 1.92. The Bertz CT molecular complexity index is 335. The van der Waals surface area contributed by atoms with E-state index in [1.165, 1.54) is 12.8 Å². The van der Waals surface area contributed by atoms with E-state index >= 15 is 0 Å². The second kappa shape index (κ2) is 12.7. The molecule has 20 heavy (non-hydrogen) atoms. The third-order valence-corrected chi connectivity index (χ3v) is 3.02. The van der Waals surface area contributed by atoms with Gasteiger partial charge in [-0.15, -0.1) is 0 Å². The number of rotatable bonds is 11. The van der Waals surface area contributed by atoms with Crippen molar-refractivity contribution in [3.05, 3.63) is 24.4 Å². The van der Waals surface area contributed by atoms with Gasteiger partial charge in [-0.25, -0.2) is 4.99 Å². The molecule has 0 amide bonds. The van der Waals surface area contributed by atoms with Gasteiger partial charge >= 0.3 is 0 Å². The molecule has 0 aromatic heterocycles. The van der Waals surface area contributed by atoms with Gasteiger partial charge in [0, 0.05) is 19.8 Å². The summed E-state index contributed by atoms with van der Waals surface area (Å²) in [5.74, 6) is 0.611. The van der Waals surface area contributed by atoms with Crippen LogP contribution in [0, 0.1) is 0 Å². The van der Waals surface area contributed by atoms with Crippen molar-refractivity contribution in [3.8, 4) is 0 Å². The first-order valence-corrected chi connectivity index (χ1v) is 7.55. The van der Waals surface area contributed by atoms with E-state index in [0.717, 1.165) is 25.1 Å². The minimum Gasteiger partial charge on any atom is -0.410 e. The van der Waals surface area contributed by atoms with Crippen molar-refractivity contribution in [2.24, 2.45) is 9.98 Å². The van der Waals surface area contributed by atoms with Crippen LogP contribution >= 0.6 is 0 Å². The summed E-state index contributed by atoms with van der Waals surface area (Å²) in [5.41, 5.74) is 0.776. The van der Waals surface area contributed by atoms with Crippen molar-refractivity contribution in [1.29, 1.82) is 0 Å². The summed E-state index contributed by atoms with van der Waals surface area (Å²) in [5, 5.41) is 0. The summed E-state index contributed by atoms with van der Waals surface area (Å²) in [4.78, 5) is 10.6. The molecule has 0 bridgehead atoms. The van der Waals surface area contributed by atoms with Crippen molar-refractivity contribution in [2.75, 3.05) is 13.6 Å². The van der Waals surface area contributed by atoms with E-state index in [0.29, 0.717) is 5.82 Å². The third kappa shape index (κ3) is 9.59. The number of aliphatic imine (C=N–C) groups is 2. The maximum absolute atomic E-state index is 4.38. The molecule has 4 heteroatoms. The minimum absolute atomic E-state index is 0.611. The Labute approximate surface area is 125 Å². The molecule has 0 aromatic carbocycles. The van der Waals surface area contributed by atoms with E-state index in [-0.39, 0.29) is 0 Å². The van der Waals surface area contributed by atoms with Gasteiger partial charge in [-0.2, -0.15) is 0 Å². The first-order valence-electron chi connectivity index (χ1n) is 7.55. The Hall–Kier alpha value is -1.32. The second-order valence-electron chi connectivity index (χ2n) is 4.81. The van der Waals surface area contributed by atoms with Gasteiger partial charge in [0.05, 0.1) is 12.0 Å². The molecule has 0 rings (SSSR count). The predicted molar refractivity (Wildman–Crippen MR) is 92.9 cm³/mol. The highest BCUT2D eigenvalue weighted by atomic mass is 15.1. The molecule has 111 valence electrons. The average molecular weight is 274 g/mol. The Morgan fingerprint density at radius 1 is 1.40 bits per heavy atom. The maximum Gasteiger partial charge on any atom is 0.250 e. The summed E-state index contributed by atoms with van der Waals surface area (Å²) < 4.78 is 0. The van der Waals surface area contributed by atoms with Crippen molar-refractivity contribution < 1.29 is 0 Å². The quantitative estimate of drug-likeness (QED) is 0.241. The zero-order chi connectivity index (χ0) is 15.2. The lowest BCUT2D eigenvalue weighted by Gasteiger charge is -2.23. The maximum atomic E-state index is 4.38. The topological polar surface area (TPSA) is 28.0 Å². The fraction of sp³-hybridized carbons (Fsp3) is 0.625. The molecule has 0 saturated heterocycles. The predicted octanol–water partition coefficient (Wildman–Crippen LogP) is 4.12. The molecule has 0 aliphatic rings. The van der Waals surface area contributed by atoms with Crippen molar-refractivity contribution in [3.63, 3.8) is 0 Å². The Morgan fingerprint density at radius 2 is 2.15 bits per heavy atom. The van der Waals surface area contributed by atoms with Crippen molar-refractivity contribution in [1.82, 2.24) is 4.81 Å². The summed E-state index contributed by atoms with van der Waals surface area (Å²) >= 11 is 0. The Morgan fingerprint density at radius 3 is 2.70 bits per heavy atom. The van der Waals surface area contributed by atoms with Crippen LogP contribution in [0.3, 0.4) is 0 Å². The van der Waals surface area contributed by atoms with Crippen molar-refractivity contribution in [2.45, 2.75) is 52.3 Å². The standard InChI is InChI=1S/C16H29BN3/c1-6-10-15(4)19-14-20(13-9-12-18-5)17-16(8-3)11-7-2/h6,10,12,14,16H,4,7-9,11,13H2,1-3,5H3/b10-6-,18-12?,19-14?. The van der Waals surface area contributed by atoms with E-state index in [9.17, 15) is 0 Å². The average Bonchev–Trinajstić information content (AvgIpc) is 2.44. The van der Waals surface area contributed by atoms with Crippen LogP contribution < -0.4 is 0 Å². The highest BCUT2D eigenvalue weighted by Crippen LogP contribution is 2.17. The van der Waals surface area contributed by atoms with Crippen LogP contribution in [0.25, 0.3) is 0 Å². The zero-order valence-corrected chi connectivity index (χ0v) is 13.5. The molecule has 0 heterocycles. The molecule has 0 fully saturated rings. The fourth-order valence-electron chi connectivity index (χ4n) is 1.92. The highest BCUT2D eigenvalue weighted by Gasteiger charge is 2.12. The molecule has 1 atom stereocenters. The van der Waals surface area contributed by atoms with Crippen LogP contribution in [-0.4, -0.2) is 38.4 Å². The van der Waals surface area contributed by atoms with Gasteiger partial charge in [-0.05, 0) is 25.2 Å². The first-order chi connectivity index (χ1) is 9.67. The molecule has 1 radical (unpaired) electrons. The SMILES string of the molecule is C=C(/C=C\C)N=CN([B]C(CC)CCC)CCC=NC. The molecule has 1 unspecified atom stereocenters. The monoisotopic (exact) mass is 274 g/mol. The molecule has 0 saturated carbocycles. The number of hydrogen-bond donors (Lipinski definition) is 0. The lowest BCUT2D eigenvalue weighted by atomic mass is 9.69. The van der Waals surface area contributed by atoms with Gasteiger partial charge in [0.2, 0.25) is 0 Å². The first kappa shape index (κ1) is 18.7. The van der Waals surface area contributed by atoms with E-state index in [4.69, 9.17) is 0 Å². The van der Waals surface area contributed by atoms with Gasteiger partial charge < -0.3 is 9.80 Å². The normalized spacial score (nSPS) is 13.4. The Kier molecular flexibility index (Phi) is 11.9. The van der Waals surface area contributed by atoms with Crippen LogP contribution in [0.5, 0.6) is 0 Å². The van der Waals surface area contributed by atoms with Gasteiger partial charge in [0.25, 0.3) is 7.41 Å². The van der Waals surface area contributed by atoms with Crippen molar-refractivity contribution >= 4 is 20.0 Å². The summed E-state index contributed by atoms with van der Waals surface area (Å²) in [6, 6.07) is 0. The van der Waals surface area contributed by atoms with Gasteiger partial charge in [0.15, 0.2) is 0 Å². The van der Waals surface area contributed by atoms with Crippen LogP contribution in [0.15, 0.2) is 34.4 Å².